The van der Waals surface area contributed by atoms with Crippen LogP contribution in [0.1, 0.15) is 31.2 Å². The van der Waals surface area contributed by atoms with E-state index in [-0.39, 0.29) is 36.1 Å². The van der Waals surface area contributed by atoms with Crippen LogP contribution in [0.4, 0.5) is 10.5 Å². The highest BCUT2D eigenvalue weighted by Crippen LogP contribution is 2.19. The Morgan fingerprint density at radius 3 is 2.42 bits per heavy atom. The third-order valence-corrected chi connectivity index (χ3v) is 6.02. The largest absolute Gasteiger partial charge is 0.490 e. The molecule has 0 spiro atoms. The number of nitrogens with zero attached hydrogens (tertiary/aromatic N) is 3. The normalized spacial score (nSPS) is 16.8. The molecule has 0 saturated carbocycles. The van der Waals surface area contributed by atoms with Crippen LogP contribution in [0.25, 0.3) is 0 Å². The van der Waals surface area contributed by atoms with Gasteiger partial charge in [0.05, 0.1) is 0 Å². The Balaban J connectivity index is 0.00000306. The minimum absolute atomic E-state index is 0. The number of carbonyl (C=O) groups excluding carboxylic acids is 1. The van der Waals surface area contributed by atoms with E-state index in [4.69, 9.17) is 4.74 Å². The minimum Gasteiger partial charge on any atom is -0.490 e. The molecule has 0 aromatic heterocycles. The van der Waals surface area contributed by atoms with Gasteiger partial charge in [0.25, 0.3) is 0 Å². The van der Waals surface area contributed by atoms with Gasteiger partial charge in [-0.2, -0.15) is 0 Å². The Kier molecular flexibility index (Phi) is 9.65. The van der Waals surface area contributed by atoms with Crippen LogP contribution >= 0.6 is 24.0 Å². The number of halogens is 1. The van der Waals surface area contributed by atoms with Gasteiger partial charge in [-0.05, 0) is 42.7 Å². The topological polar surface area (TPSA) is 69.2 Å². The minimum atomic E-state index is -0.0102. The second kappa shape index (κ2) is 12.7. The summed E-state index contributed by atoms with van der Waals surface area (Å²) in [6.07, 6.45) is 4.35. The first-order chi connectivity index (χ1) is 15.7. The summed E-state index contributed by atoms with van der Waals surface area (Å²) >= 11 is 0. The molecule has 0 radical (unpaired) electrons. The molecule has 2 N–H and O–H groups in total. The van der Waals surface area contributed by atoms with E-state index in [9.17, 15) is 4.79 Å². The van der Waals surface area contributed by atoms with Crippen LogP contribution in [0.2, 0.25) is 0 Å². The van der Waals surface area contributed by atoms with E-state index >= 15 is 0 Å². The molecule has 2 aromatic carbocycles. The second-order valence-electron chi connectivity index (χ2n) is 8.34. The first-order valence-electron chi connectivity index (χ1n) is 11.5. The number of hydrogen-bond acceptors (Lipinski definition) is 3. The maximum Gasteiger partial charge on any atom is 0.321 e. The predicted octanol–water partition coefficient (Wildman–Crippen LogP) is 4.55. The molecule has 2 amide bonds. The molecule has 33 heavy (non-hydrogen) atoms. The zero-order valence-corrected chi connectivity index (χ0v) is 21.5. The van der Waals surface area contributed by atoms with Gasteiger partial charge in [-0.15, -0.1) is 24.0 Å². The lowest BCUT2D eigenvalue weighted by Gasteiger charge is -2.34. The molecule has 178 valence electrons. The Morgan fingerprint density at radius 1 is 1.00 bits per heavy atom. The lowest BCUT2D eigenvalue weighted by molar-refractivity contribution is 0.129. The Morgan fingerprint density at radius 2 is 1.73 bits per heavy atom. The molecule has 7 nitrogen and oxygen atoms in total. The smallest absolute Gasteiger partial charge is 0.321 e. The predicted molar refractivity (Wildman–Crippen MR) is 144 cm³/mol. The van der Waals surface area contributed by atoms with Crippen molar-refractivity contribution in [2.24, 2.45) is 4.99 Å². The van der Waals surface area contributed by atoms with Gasteiger partial charge in [0.1, 0.15) is 11.9 Å². The second-order valence-corrected chi connectivity index (χ2v) is 8.34. The van der Waals surface area contributed by atoms with Gasteiger partial charge in [-0.3, -0.25) is 4.99 Å². The number of piperidine rings is 1. The molecule has 0 bridgehead atoms. The van der Waals surface area contributed by atoms with Crippen molar-refractivity contribution >= 4 is 41.7 Å². The molecule has 0 aliphatic carbocycles. The van der Waals surface area contributed by atoms with Gasteiger partial charge in [-0.25, -0.2) is 4.79 Å². The average molecular weight is 563 g/mol. The monoisotopic (exact) mass is 563 g/mol. The fourth-order valence-electron chi connectivity index (χ4n) is 4.27. The highest BCUT2D eigenvalue weighted by molar-refractivity contribution is 14.0. The summed E-state index contributed by atoms with van der Waals surface area (Å²) in [5, 5.41) is 6.49. The van der Waals surface area contributed by atoms with Gasteiger partial charge in [-0.1, -0.05) is 30.3 Å². The number of guanidine groups is 1. The van der Waals surface area contributed by atoms with Crippen molar-refractivity contribution in [1.82, 2.24) is 15.1 Å². The molecule has 4 rings (SSSR count). The molecule has 0 unspecified atom stereocenters. The van der Waals surface area contributed by atoms with Gasteiger partial charge in [0.2, 0.25) is 0 Å². The Bertz CT molecular complexity index is 910. The first-order valence-corrected chi connectivity index (χ1v) is 11.5. The van der Waals surface area contributed by atoms with E-state index in [2.05, 4.69) is 26.6 Å². The number of ether oxygens (including phenoxy) is 1. The number of anilines is 1. The molecule has 2 aliphatic heterocycles. The van der Waals surface area contributed by atoms with E-state index in [0.717, 1.165) is 74.8 Å². The van der Waals surface area contributed by atoms with Crippen molar-refractivity contribution in [1.29, 1.82) is 0 Å². The van der Waals surface area contributed by atoms with Crippen molar-refractivity contribution in [3.05, 3.63) is 60.2 Å². The molecular weight excluding hydrogens is 529 g/mol. The third kappa shape index (κ3) is 7.25. The number of carbonyl (C=O) groups is 1. The quantitative estimate of drug-likeness (QED) is 0.318. The van der Waals surface area contributed by atoms with Crippen molar-refractivity contribution in [2.75, 3.05) is 38.5 Å². The first kappa shape index (κ1) is 25.1. The lowest BCUT2D eigenvalue weighted by atomic mass is 10.1. The molecular formula is C25H34IN5O2. The number of hydrogen-bond donors (Lipinski definition) is 2. The number of rotatable bonds is 5. The van der Waals surface area contributed by atoms with Gasteiger partial charge in [0.15, 0.2) is 5.96 Å². The average Bonchev–Trinajstić information content (AvgIpc) is 3.37. The SMILES string of the molecule is CN=C(NCc1cccc(NC(=O)N2CCCC2)c1)N1CCC(Oc2ccccc2)CC1.I. The zero-order valence-electron chi connectivity index (χ0n) is 19.2. The summed E-state index contributed by atoms with van der Waals surface area (Å²) in [4.78, 5) is 21.0. The van der Waals surface area contributed by atoms with Crippen LogP contribution < -0.4 is 15.4 Å². The molecule has 2 aliphatic rings. The molecule has 2 heterocycles. The van der Waals surface area contributed by atoms with E-state index in [1.807, 2.05) is 60.5 Å². The molecule has 2 aromatic rings. The third-order valence-electron chi connectivity index (χ3n) is 6.02. The molecule has 8 heteroatoms. The summed E-state index contributed by atoms with van der Waals surface area (Å²) in [7, 11) is 1.82. The van der Waals surface area contributed by atoms with E-state index in [1.54, 1.807) is 0 Å². The number of aliphatic imine (C=N–C) groups is 1. The maximum absolute atomic E-state index is 12.4. The zero-order chi connectivity index (χ0) is 22.2. The highest BCUT2D eigenvalue weighted by atomic mass is 127. The van der Waals surface area contributed by atoms with Crippen molar-refractivity contribution in [3.8, 4) is 5.75 Å². The summed E-state index contributed by atoms with van der Waals surface area (Å²) in [5.74, 6) is 1.83. The van der Waals surface area contributed by atoms with Crippen LogP contribution in [0, 0.1) is 0 Å². The maximum atomic E-state index is 12.4. The number of urea groups is 1. The van der Waals surface area contributed by atoms with E-state index < -0.39 is 0 Å². The van der Waals surface area contributed by atoms with Gasteiger partial charge >= 0.3 is 6.03 Å². The fourth-order valence-corrected chi connectivity index (χ4v) is 4.27. The summed E-state index contributed by atoms with van der Waals surface area (Å²) in [6.45, 7) is 4.15. The van der Waals surface area contributed by atoms with Crippen LogP contribution in [-0.4, -0.2) is 61.1 Å². The Labute approximate surface area is 213 Å². The van der Waals surface area contributed by atoms with Gasteiger partial charge < -0.3 is 25.2 Å². The number of nitrogens with one attached hydrogen (secondary N) is 2. The molecule has 0 atom stereocenters. The van der Waals surface area contributed by atoms with Crippen molar-refractivity contribution in [3.63, 3.8) is 0 Å². The van der Waals surface area contributed by atoms with E-state index in [1.165, 1.54) is 0 Å². The fraction of sp³-hybridized carbons (Fsp3) is 0.440. The number of amides is 2. The Hall–Kier alpha value is -2.49. The van der Waals surface area contributed by atoms with Crippen LogP contribution in [0.3, 0.4) is 0 Å². The molecule has 2 fully saturated rings. The molecule has 2 saturated heterocycles. The summed E-state index contributed by atoms with van der Waals surface area (Å²) in [6, 6.07) is 18.0. The van der Waals surface area contributed by atoms with Crippen LogP contribution in [-0.2, 0) is 6.54 Å². The summed E-state index contributed by atoms with van der Waals surface area (Å²) in [5.41, 5.74) is 1.93. The van der Waals surface area contributed by atoms with Crippen LogP contribution in [0.15, 0.2) is 59.6 Å². The van der Waals surface area contributed by atoms with Crippen molar-refractivity contribution < 1.29 is 9.53 Å². The van der Waals surface area contributed by atoms with E-state index in [0.29, 0.717) is 6.54 Å². The number of likely N-dealkylation sites (tertiary alicyclic amines) is 2. The summed E-state index contributed by atoms with van der Waals surface area (Å²) < 4.78 is 6.10. The van der Waals surface area contributed by atoms with Crippen molar-refractivity contribution in [2.45, 2.75) is 38.3 Å². The number of para-hydroxylation sites is 1. The standard InChI is InChI=1S/C25H33N5O2.HI/c1-26-24(29-16-12-23(13-17-29)32-22-10-3-2-4-11-22)27-19-20-8-7-9-21(18-20)28-25(31)30-14-5-6-15-30;/h2-4,7-11,18,23H,5-6,12-17,19H2,1H3,(H,26,27)(H,28,31);1H. The van der Waals surface area contributed by atoms with Crippen LogP contribution in [0.5, 0.6) is 5.75 Å². The number of benzene rings is 2. The van der Waals surface area contributed by atoms with Gasteiger partial charge in [0, 0.05) is 58.3 Å². The lowest BCUT2D eigenvalue weighted by Crippen LogP contribution is -2.47. The highest BCUT2D eigenvalue weighted by Gasteiger charge is 2.23.